The molecule has 1 aromatic heterocycles. The Morgan fingerprint density at radius 3 is 2.82 bits per heavy atom. The zero-order valence-corrected chi connectivity index (χ0v) is 12.0. The summed E-state index contributed by atoms with van der Waals surface area (Å²) in [7, 11) is 0. The highest BCUT2D eigenvalue weighted by atomic mass is 16.4. The second kappa shape index (κ2) is 6.01. The molecule has 3 rings (SSSR count). The third-order valence-corrected chi connectivity index (χ3v) is 3.92. The normalized spacial score (nSPS) is 18.2. The van der Waals surface area contributed by atoms with Gasteiger partial charge in [-0.25, -0.2) is 9.78 Å². The van der Waals surface area contributed by atoms with Crippen molar-refractivity contribution in [3.05, 3.63) is 36.5 Å². The number of hydrogen-bond donors (Lipinski definition) is 2. The van der Waals surface area contributed by atoms with E-state index in [-0.39, 0.29) is 12.6 Å². The summed E-state index contributed by atoms with van der Waals surface area (Å²) in [6.45, 7) is 0.817. The van der Waals surface area contributed by atoms with Crippen LogP contribution in [0.4, 0.5) is 10.6 Å². The van der Waals surface area contributed by atoms with Gasteiger partial charge in [0.1, 0.15) is 5.82 Å². The van der Waals surface area contributed by atoms with Crippen LogP contribution >= 0.6 is 0 Å². The first kappa shape index (κ1) is 14.3. The molecule has 1 aliphatic rings. The van der Waals surface area contributed by atoms with Gasteiger partial charge in [0, 0.05) is 24.7 Å². The number of nitrogens with one attached hydrogen (secondary N) is 1. The fourth-order valence-corrected chi connectivity index (χ4v) is 2.70. The van der Waals surface area contributed by atoms with E-state index in [9.17, 15) is 9.59 Å². The molecule has 1 unspecified atom stereocenters. The van der Waals surface area contributed by atoms with E-state index < -0.39 is 11.9 Å². The maximum absolute atomic E-state index is 12.3. The van der Waals surface area contributed by atoms with Gasteiger partial charge in [-0.2, -0.15) is 0 Å². The minimum absolute atomic E-state index is 0.245. The molecular formula is C16H17N3O3. The second-order valence-corrected chi connectivity index (χ2v) is 5.47. The van der Waals surface area contributed by atoms with Crippen molar-refractivity contribution >= 4 is 28.6 Å². The van der Waals surface area contributed by atoms with Crippen LogP contribution in [0.3, 0.4) is 0 Å². The molecule has 0 spiro atoms. The van der Waals surface area contributed by atoms with E-state index >= 15 is 0 Å². The maximum atomic E-state index is 12.3. The number of benzene rings is 1. The number of likely N-dealkylation sites (tertiary alicyclic amines) is 1. The minimum Gasteiger partial charge on any atom is -0.481 e. The Bertz CT molecular complexity index is 717. The Labute approximate surface area is 127 Å². The number of aliphatic carboxylic acids is 1. The maximum Gasteiger partial charge on any atom is 0.323 e. The van der Waals surface area contributed by atoms with Crippen molar-refractivity contribution in [1.82, 2.24) is 9.88 Å². The molecule has 6 heteroatoms. The minimum atomic E-state index is -0.846. The zero-order valence-electron chi connectivity index (χ0n) is 12.0. The van der Waals surface area contributed by atoms with Crippen LogP contribution < -0.4 is 5.32 Å². The highest BCUT2D eigenvalue weighted by Gasteiger charge is 2.28. The fraction of sp³-hybridized carbons (Fsp3) is 0.312. The Kier molecular flexibility index (Phi) is 3.91. The van der Waals surface area contributed by atoms with Crippen molar-refractivity contribution in [3.8, 4) is 0 Å². The van der Waals surface area contributed by atoms with Crippen LogP contribution in [0, 0.1) is 5.92 Å². The summed E-state index contributed by atoms with van der Waals surface area (Å²) < 4.78 is 0. The molecule has 0 radical (unpaired) electrons. The van der Waals surface area contributed by atoms with Gasteiger partial charge in [0.15, 0.2) is 0 Å². The fourth-order valence-electron chi connectivity index (χ4n) is 2.70. The lowest BCUT2D eigenvalue weighted by molar-refractivity contribution is -0.143. The molecule has 1 atom stereocenters. The Balaban J connectivity index is 1.71. The number of carbonyl (C=O) groups excluding carboxylic acids is 1. The Hall–Kier alpha value is -2.63. The summed E-state index contributed by atoms with van der Waals surface area (Å²) in [6, 6.07) is 9.28. The molecule has 1 fully saturated rings. The summed E-state index contributed by atoms with van der Waals surface area (Å²) in [5.41, 5.74) is 0. The van der Waals surface area contributed by atoms with Crippen molar-refractivity contribution in [1.29, 1.82) is 0 Å². The van der Waals surface area contributed by atoms with E-state index in [4.69, 9.17) is 5.11 Å². The number of anilines is 1. The largest absolute Gasteiger partial charge is 0.481 e. The predicted molar refractivity (Wildman–Crippen MR) is 82.7 cm³/mol. The third-order valence-electron chi connectivity index (χ3n) is 3.92. The van der Waals surface area contributed by atoms with Crippen molar-refractivity contribution < 1.29 is 14.7 Å². The van der Waals surface area contributed by atoms with Gasteiger partial charge in [-0.3, -0.25) is 10.1 Å². The molecule has 1 aliphatic heterocycles. The second-order valence-electron chi connectivity index (χ2n) is 5.47. The molecule has 6 nitrogen and oxygen atoms in total. The number of hydrogen-bond acceptors (Lipinski definition) is 3. The molecule has 2 heterocycles. The Morgan fingerprint density at radius 1 is 1.27 bits per heavy atom. The number of urea groups is 1. The lowest BCUT2D eigenvalue weighted by Crippen LogP contribution is -2.44. The SMILES string of the molecule is O=C(O)C1CCCN(C(=O)Nc2cc3ccccc3cn2)C1. The molecule has 0 bridgehead atoms. The van der Waals surface area contributed by atoms with Crippen LogP contribution in [-0.2, 0) is 4.79 Å². The number of carboxylic acid groups (broad SMARTS) is 1. The first-order valence-electron chi connectivity index (χ1n) is 7.27. The van der Waals surface area contributed by atoms with Crippen LogP contribution in [0.15, 0.2) is 36.5 Å². The molecule has 1 saturated heterocycles. The number of rotatable bonds is 2. The first-order chi connectivity index (χ1) is 10.6. The van der Waals surface area contributed by atoms with Crippen molar-refractivity contribution in [2.24, 2.45) is 5.92 Å². The van der Waals surface area contributed by atoms with Crippen molar-refractivity contribution in [2.45, 2.75) is 12.8 Å². The van der Waals surface area contributed by atoms with E-state index in [2.05, 4.69) is 10.3 Å². The number of aromatic nitrogens is 1. The number of pyridine rings is 1. The van der Waals surface area contributed by atoms with E-state index in [1.165, 1.54) is 0 Å². The monoisotopic (exact) mass is 299 g/mol. The van der Waals surface area contributed by atoms with Crippen LogP contribution in [-0.4, -0.2) is 40.1 Å². The zero-order chi connectivity index (χ0) is 15.5. The van der Waals surface area contributed by atoms with Gasteiger partial charge in [-0.1, -0.05) is 24.3 Å². The summed E-state index contributed by atoms with van der Waals surface area (Å²) in [6.07, 6.45) is 3.03. The predicted octanol–water partition coefficient (Wildman–Crippen LogP) is 2.56. The molecule has 22 heavy (non-hydrogen) atoms. The van der Waals surface area contributed by atoms with Crippen molar-refractivity contribution in [2.75, 3.05) is 18.4 Å². The standard InChI is InChI=1S/C16H17N3O3/c20-15(21)13-6-3-7-19(10-13)16(22)18-14-8-11-4-1-2-5-12(11)9-17-14/h1-2,4-5,8-9,13H,3,6-7,10H2,(H,20,21)(H,17,18,22). The molecule has 0 saturated carbocycles. The highest BCUT2D eigenvalue weighted by molar-refractivity contribution is 5.92. The van der Waals surface area contributed by atoms with E-state index in [0.29, 0.717) is 25.2 Å². The molecule has 2 amide bonds. The quantitative estimate of drug-likeness (QED) is 0.892. The number of nitrogens with zero attached hydrogens (tertiary/aromatic N) is 2. The summed E-state index contributed by atoms with van der Waals surface area (Å²) in [4.78, 5) is 29.1. The van der Waals surface area contributed by atoms with Crippen LogP contribution in [0.2, 0.25) is 0 Å². The first-order valence-corrected chi connectivity index (χ1v) is 7.27. The molecular weight excluding hydrogens is 282 g/mol. The smallest absolute Gasteiger partial charge is 0.323 e. The van der Waals surface area contributed by atoms with E-state index in [0.717, 1.165) is 10.8 Å². The number of carbonyl (C=O) groups is 2. The number of carboxylic acids is 1. The molecule has 2 aromatic rings. The number of amides is 2. The lowest BCUT2D eigenvalue weighted by atomic mass is 9.99. The summed E-state index contributed by atoms with van der Waals surface area (Å²) in [5.74, 6) is -0.855. The van der Waals surface area contributed by atoms with Gasteiger partial charge in [-0.05, 0) is 24.3 Å². The molecule has 2 N–H and O–H groups in total. The average Bonchev–Trinajstić information content (AvgIpc) is 2.55. The van der Waals surface area contributed by atoms with E-state index in [1.54, 1.807) is 11.1 Å². The topological polar surface area (TPSA) is 82.5 Å². The Morgan fingerprint density at radius 2 is 2.05 bits per heavy atom. The third kappa shape index (κ3) is 3.00. The molecule has 1 aromatic carbocycles. The van der Waals surface area contributed by atoms with Gasteiger partial charge in [0.25, 0.3) is 0 Å². The van der Waals surface area contributed by atoms with Gasteiger partial charge in [-0.15, -0.1) is 0 Å². The highest BCUT2D eigenvalue weighted by Crippen LogP contribution is 2.19. The van der Waals surface area contributed by atoms with Crippen LogP contribution in [0.1, 0.15) is 12.8 Å². The van der Waals surface area contributed by atoms with Crippen LogP contribution in [0.5, 0.6) is 0 Å². The van der Waals surface area contributed by atoms with Gasteiger partial charge >= 0.3 is 12.0 Å². The van der Waals surface area contributed by atoms with E-state index in [1.807, 2.05) is 30.3 Å². The number of piperidine rings is 1. The molecule has 114 valence electrons. The lowest BCUT2D eigenvalue weighted by Gasteiger charge is -2.30. The van der Waals surface area contributed by atoms with Crippen LogP contribution in [0.25, 0.3) is 10.8 Å². The van der Waals surface area contributed by atoms with Crippen molar-refractivity contribution in [3.63, 3.8) is 0 Å². The van der Waals surface area contributed by atoms with Gasteiger partial charge < -0.3 is 10.0 Å². The van der Waals surface area contributed by atoms with Gasteiger partial charge in [0.2, 0.25) is 0 Å². The summed E-state index contributed by atoms with van der Waals surface area (Å²) in [5, 5.41) is 13.8. The summed E-state index contributed by atoms with van der Waals surface area (Å²) >= 11 is 0. The number of fused-ring (bicyclic) bond motifs is 1. The molecule has 0 aliphatic carbocycles. The average molecular weight is 299 g/mol. The van der Waals surface area contributed by atoms with Gasteiger partial charge in [0.05, 0.1) is 5.92 Å².